The van der Waals surface area contributed by atoms with Crippen LogP contribution in [0.2, 0.25) is 0 Å². The van der Waals surface area contributed by atoms with Crippen molar-refractivity contribution in [3.63, 3.8) is 0 Å². The minimum Gasteiger partial charge on any atom is -0.491 e. The van der Waals surface area contributed by atoms with E-state index in [1.54, 1.807) is 31.4 Å². The van der Waals surface area contributed by atoms with Crippen molar-refractivity contribution in [2.45, 2.75) is 26.0 Å². The summed E-state index contributed by atoms with van der Waals surface area (Å²) in [7, 11) is 3.73. The normalized spacial score (nSPS) is 12.7. The number of hydrogen-bond acceptors (Lipinski definition) is 4. The maximum absolute atomic E-state index is 11.0. The molecule has 0 saturated heterocycles. The number of ether oxygens (including phenoxy) is 2. The van der Waals surface area contributed by atoms with Gasteiger partial charge in [0, 0.05) is 25.3 Å². The summed E-state index contributed by atoms with van der Waals surface area (Å²) in [6.07, 6.45) is -0.00165. The molecule has 0 fully saturated rings. The van der Waals surface area contributed by atoms with E-state index in [0.717, 1.165) is 6.54 Å². The fourth-order valence-electron chi connectivity index (χ4n) is 1.63. The maximum Gasteiger partial charge on any atom is 0.248 e. The van der Waals surface area contributed by atoms with Gasteiger partial charge in [-0.2, -0.15) is 0 Å². The number of carbonyl (C=O) groups is 1. The second-order valence-corrected chi connectivity index (χ2v) is 5.09. The van der Waals surface area contributed by atoms with Gasteiger partial charge in [-0.15, -0.1) is 0 Å². The van der Waals surface area contributed by atoms with Gasteiger partial charge in [0.1, 0.15) is 18.5 Å². The highest BCUT2D eigenvalue weighted by Crippen LogP contribution is 2.12. The molecule has 1 aromatic rings. The Balaban J connectivity index is 2.49. The molecule has 1 aromatic carbocycles. The highest BCUT2D eigenvalue weighted by atomic mass is 16.5. The first-order chi connectivity index (χ1) is 9.43. The first kappa shape index (κ1) is 16.5. The fourth-order valence-corrected chi connectivity index (χ4v) is 1.63. The molecule has 20 heavy (non-hydrogen) atoms. The number of hydrogen-bond donors (Lipinski definition) is 1. The number of amides is 1. The molecule has 0 bridgehead atoms. The summed E-state index contributed by atoms with van der Waals surface area (Å²) in [5.41, 5.74) is 5.66. The van der Waals surface area contributed by atoms with Gasteiger partial charge in [-0.3, -0.25) is 4.79 Å². The lowest BCUT2D eigenvalue weighted by atomic mass is 10.2. The Kier molecular flexibility index (Phi) is 6.48. The zero-order valence-electron chi connectivity index (χ0n) is 12.6. The lowest BCUT2D eigenvalue weighted by Gasteiger charge is -2.26. The summed E-state index contributed by atoms with van der Waals surface area (Å²) in [4.78, 5) is 13.2. The Morgan fingerprint density at radius 3 is 2.35 bits per heavy atom. The van der Waals surface area contributed by atoms with E-state index in [-0.39, 0.29) is 6.10 Å². The van der Waals surface area contributed by atoms with Crippen molar-refractivity contribution in [3.8, 4) is 5.75 Å². The molecule has 112 valence electrons. The fraction of sp³-hybridized carbons (Fsp3) is 0.533. The van der Waals surface area contributed by atoms with Crippen molar-refractivity contribution in [2.75, 3.05) is 27.3 Å². The Morgan fingerprint density at radius 1 is 1.30 bits per heavy atom. The summed E-state index contributed by atoms with van der Waals surface area (Å²) in [5.74, 6) is 0.258. The molecule has 0 unspecified atom stereocenters. The van der Waals surface area contributed by atoms with Crippen molar-refractivity contribution in [1.29, 1.82) is 0 Å². The average Bonchev–Trinajstić information content (AvgIpc) is 2.43. The molecule has 0 spiro atoms. The largest absolute Gasteiger partial charge is 0.491 e. The van der Waals surface area contributed by atoms with Crippen LogP contribution < -0.4 is 10.5 Å². The Morgan fingerprint density at radius 2 is 1.90 bits per heavy atom. The number of nitrogens with zero attached hydrogens (tertiary/aromatic N) is 1. The van der Waals surface area contributed by atoms with Crippen LogP contribution in [0.25, 0.3) is 0 Å². The van der Waals surface area contributed by atoms with Crippen LogP contribution in [0, 0.1) is 0 Å². The molecule has 0 aromatic heterocycles. The third-order valence-corrected chi connectivity index (χ3v) is 3.28. The summed E-state index contributed by atoms with van der Waals surface area (Å²) >= 11 is 0. The molecule has 1 amide bonds. The van der Waals surface area contributed by atoms with E-state index in [1.807, 2.05) is 0 Å². The second kappa shape index (κ2) is 7.87. The molecule has 0 radical (unpaired) electrons. The monoisotopic (exact) mass is 280 g/mol. The second-order valence-electron chi connectivity index (χ2n) is 5.09. The van der Waals surface area contributed by atoms with Gasteiger partial charge in [0.2, 0.25) is 5.91 Å². The molecule has 5 nitrogen and oxygen atoms in total. The minimum atomic E-state index is -0.440. The molecule has 0 aliphatic rings. The predicted molar refractivity (Wildman–Crippen MR) is 79.0 cm³/mol. The molecule has 5 heteroatoms. The first-order valence-corrected chi connectivity index (χ1v) is 6.69. The number of likely N-dealkylation sites (N-methyl/N-ethyl adjacent to an activating group) is 1. The minimum absolute atomic E-state index is 0.00165. The lowest BCUT2D eigenvalue weighted by molar-refractivity contribution is 0.0291. The van der Waals surface area contributed by atoms with Gasteiger partial charge in [0.25, 0.3) is 0 Å². The van der Waals surface area contributed by atoms with Crippen LogP contribution in [-0.2, 0) is 4.74 Å². The molecule has 0 aliphatic carbocycles. The molecule has 0 saturated carbocycles. The van der Waals surface area contributed by atoms with E-state index in [9.17, 15) is 4.79 Å². The van der Waals surface area contributed by atoms with Gasteiger partial charge in [-0.1, -0.05) is 0 Å². The van der Waals surface area contributed by atoms with E-state index in [1.165, 1.54) is 0 Å². The zero-order chi connectivity index (χ0) is 15.1. The summed E-state index contributed by atoms with van der Waals surface area (Å²) < 4.78 is 11.1. The summed E-state index contributed by atoms with van der Waals surface area (Å²) in [5, 5.41) is 0. The zero-order valence-corrected chi connectivity index (χ0v) is 12.6. The molecular weight excluding hydrogens is 256 g/mol. The SMILES string of the molecule is CO[C@H](COc1ccc(C(N)=O)cc1)CN(C)C(C)C. The Labute approximate surface area is 120 Å². The number of methoxy groups -OCH3 is 1. The number of rotatable bonds is 8. The van der Waals surface area contributed by atoms with Crippen molar-refractivity contribution in [1.82, 2.24) is 4.90 Å². The van der Waals surface area contributed by atoms with Gasteiger partial charge >= 0.3 is 0 Å². The molecule has 0 heterocycles. The van der Waals surface area contributed by atoms with Crippen LogP contribution in [-0.4, -0.2) is 50.3 Å². The van der Waals surface area contributed by atoms with Crippen LogP contribution in [0.4, 0.5) is 0 Å². The topological polar surface area (TPSA) is 64.8 Å². The highest BCUT2D eigenvalue weighted by Gasteiger charge is 2.13. The molecule has 2 N–H and O–H groups in total. The third kappa shape index (κ3) is 5.19. The molecule has 0 aliphatic heterocycles. The van der Waals surface area contributed by atoms with Gasteiger partial charge in [-0.25, -0.2) is 0 Å². The van der Waals surface area contributed by atoms with Crippen molar-refractivity contribution in [2.24, 2.45) is 5.73 Å². The van der Waals surface area contributed by atoms with E-state index in [2.05, 4.69) is 25.8 Å². The standard InChI is InChI=1S/C15H24N2O3/c1-11(2)17(3)9-14(19-4)10-20-13-7-5-12(6-8-13)15(16)18/h5-8,11,14H,9-10H2,1-4H3,(H2,16,18)/t14-/m0/s1. The quantitative estimate of drug-likeness (QED) is 0.784. The summed E-state index contributed by atoms with van der Waals surface area (Å²) in [6, 6.07) is 7.24. The Hall–Kier alpha value is -1.59. The number of nitrogens with two attached hydrogens (primary N) is 1. The van der Waals surface area contributed by atoms with Crippen molar-refractivity contribution >= 4 is 5.91 Å². The van der Waals surface area contributed by atoms with Gasteiger partial charge in [0.05, 0.1) is 0 Å². The van der Waals surface area contributed by atoms with Crippen LogP contribution >= 0.6 is 0 Å². The smallest absolute Gasteiger partial charge is 0.248 e. The van der Waals surface area contributed by atoms with Crippen LogP contribution in [0.1, 0.15) is 24.2 Å². The Bertz CT molecular complexity index is 418. The summed E-state index contributed by atoms with van der Waals surface area (Å²) in [6.45, 7) is 5.53. The number of carbonyl (C=O) groups excluding carboxylic acids is 1. The molecular formula is C15H24N2O3. The van der Waals surface area contributed by atoms with E-state index in [4.69, 9.17) is 15.2 Å². The number of benzene rings is 1. The van der Waals surface area contributed by atoms with Gasteiger partial charge in [-0.05, 0) is 45.2 Å². The van der Waals surface area contributed by atoms with Crippen molar-refractivity contribution < 1.29 is 14.3 Å². The average molecular weight is 280 g/mol. The third-order valence-electron chi connectivity index (χ3n) is 3.28. The number of primary amides is 1. The van der Waals surface area contributed by atoms with Crippen LogP contribution in [0.5, 0.6) is 5.75 Å². The highest BCUT2D eigenvalue weighted by molar-refractivity contribution is 5.92. The van der Waals surface area contributed by atoms with Gasteiger partial charge in [0.15, 0.2) is 0 Å². The predicted octanol–water partition coefficient (Wildman–Crippen LogP) is 1.52. The maximum atomic E-state index is 11.0. The van der Waals surface area contributed by atoms with Gasteiger partial charge < -0.3 is 20.1 Å². The molecule has 1 atom stereocenters. The molecule has 1 rings (SSSR count). The first-order valence-electron chi connectivity index (χ1n) is 6.69. The van der Waals surface area contributed by atoms with E-state index >= 15 is 0 Å². The van der Waals surface area contributed by atoms with Crippen molar-refractivity contribution in [3.05, 3.63) is 29.8 Å². The van der Waals surface area contributed by atoms with Crippen LogP contribution in [0.15, 0.2) is 24.3 Å². The lowest BCUT2D eigenvalue weighted by Crippen LogP contribution is -2.38. The van der Waals surface area contributed by atoms with E-state index in [0.29, 0.717) is 24.0 Å². The van der Waals surface area contributed by atoms with E-state index < -0.39 is 5.91 Å². The van der Waals surface area contributed by atoms with Crippen LogP contribution in [0.3, 0.4) is 0 Å².